The van der Waals surface area contributed by atoms with Gasteiger partial charge >= 0.3 is 0 Å². The van der Waals surface area contributed by atoms with Crippen LogP contribution in [0.25, 0.3) is 4.85 Å². The molecule has 1 aromatic rings. The molecule has 0 unspecified atom stereocenters. The van der Waals surface area contributed by atoms with E-state index in [1.807, 2.05) is 0 Å². The predicted octanol–water partition coefficient (Wildman–Crippen LogP) is 3.65. The standard InChI is InChI=1S/C7H3BrClN/c1-10-7-4-5(8)2-3-6(7)9/h2-4H. The average molecular weight is 216 g/mol. The molecule has 0 saturated heterocycles. The van der Waals surface area contributed by atoms with Gasteiger partial charge in [-0.2, -0.15) is 0 Å². The summed E-state index contributed by atoms with van der Waals surface area (Å²) in [6.45, 7) is 6.70. The summed E-state index contributed by atoms with van der Waals surface area (Å²) in [6.07, 6.45) is 0. The molecule has 0 aliphatic rings. The maximum atomic E-state index is 6.70. The fourth-order valence-electron chi connectivity index (χ4n) is 0.571. The maximum absolute atomic E-state index is 6.70. The van der Waals surface area contributed by atoms with E-state index in [0.717, 1.165) is 4.47 Å². The van der Waals surface area contributed by atoms with E-state index in [1.165, 1.54) is 0 Å². The second kappa shape index (κ2) is 3.05. The van der Waals surface area contributed by atoms with Gasteiger partial charge in [0.15, 0.2) is 0 Å². The van der Waals surface area contributed by atoms with E-state index < -0.39 is 0 Å². The van der Waals surface area contributed by atoms with E-state index >= 15 is 0 Å². The van der Waals surface area contributed by atoms with Crippen LogP contribution in [0.3, 0.4) is 0 Å². The van der Waals surface area contributed by atoms with Crippen LogP contribution in [0.1, 0.15) is 0 Å². The Bertz CT molecular complexity index is 290. The SMILES string of the molecule is [C-]#[N+]c1cc(Br)ccc1Cl. The van der Waals surface area contributed by atoms with Crippen LogP contribution in [-0.4, -0.2) is 0 Å². The molecule has 50 valence electrons. The van der Waals surface area contributed by atoms with E-state index in [-0.39, 0.29) is 0 Å². The summed E-state index contributed by atoms with van der Waals surface area (Å²) in [4.78, 5) is 3.22. The van der Waals surface area contributed by atoms with Crippen LogP contribution in [0.4, 0.5) is 5.69 Å². The molecular formula is C7H3BrClN. The molecule has 0 spiro atoms. The number of hydrogen-bond donors (Lipinski definition) is 0. The summed E-state index contributed by atoms with van der Waals surface area (Å²) in [5, 5.41) is 0.498. The van der Waals surface area contributed by atoms with Crippen molar-refractivity contribution < 1.29 is 0 Å². The minimum absolute atomic E-state index is 0.482. The highest BCUT2D eigenvalue weighted by Crippen LogP contribution is 2.27. The third-order valence-electron chi connectivity index (χ3n) is 1.03. The molecule has 0 aliphatic heterocycles. The Labute approximate surface area is 72.6 Å². The first kappa shape index (κ1) is 7.59. The lowest BCUT2D eigenvalue weighted by Gasteiger charge is -1.93. The number of hydrogen-bond acceptors (Lipinski definition) is 0. The second-order valence-corrected chi connectivity index (χ2v) is 3.03. The molecule has 0 aliphatic carbocycles. The van der Waals surface area contributed by atoms with Crippen molar-refractivity contribution in [1.29, 1.82) is 0 Å². The van der Waals surface area contributed by atoms with E-state index in [2.05, 4.69) is 20.8 Å². The molecule has 1 aromatic carbocycles. The maximum Gasteiger partial charge on any atom is 0.206 e. The minimum atomic E-state index is 0.482. The first-order valence-electron chi connectivity index (χ1n) is 2.56. The van der Waals surface area contributed by atoms with Crippen molar-refractivity contribution in [2.24, 2.45) is 0 Å². The topological polar surface area (TPSA) is 4.36 Å². The zero-order valence-corrected chi connectivity index (χ0v) is 7.28. The Hall–Kier alpha value is -0.520. The number of halogens is 2. The van der Waals surface area contributed by atoms with Gasteiger partial charge in [0.1, 0.15) is 0 Å². The molecule has 0 N–H and O–H groups in total. The molecule has 0 fully saturated rings. The lowest BCUT2D eigenvalue weighted by Crippen LogP contribution is -1.65. The first-order valence-corrected chi connectivity index (χ1v) is 3.73. The van der Waals surface area contributed by atoms with Gasteiger partial charge < -0.3 is 0 Å². The second-order valence-electron chi connectivity index (χ2n) is 1.71. The molecule has 1 rings (SSSR count). The summed E-state index contributed by atoms with van der Waals surface area (Å²) in [5.74, 6) is 0. The van der Waals surface area contributed by atoms with E-state index in [0.29, 0.717) is 10.7 Å². The van der Waals surface area contributed by atoms with Gasteiger partial charge in [-0.15, -0.1) is 0 Å². The summed E-state index contributed by atoms with van der Waals surface area (Å²) in [7, 11) is 0. The van der Waals surface area contributed by atoms with Crippen molar-refractivity contribution in [1.82, 2.24) is 0 Å². The largest absolute Gasteiger partial charge is 0.237 e. The summed E-state index contributed by atoms with van der Waals surface area (Å²) in [5.41, 5.74) is 0.482. The highest BCUT2D eigenvalue weighted by Gasteiger charge is 1.97. The van der Waals surface area contributed by atoms with Crippen LogP contribution < -0.4 is 0 Å². The Morgan fingerprint density at radius 2 is 2.20 bits per heavy atom. The van der Waals surface area contributed by atoms with Crippen molar-refractivity contribution >= 4 is 33.2 Å². The van der Waals surface area contributed by atoms with Crippen LogP contribution >= 0.6 is 27.5 Å². The minimum Gasteiger partial charge on any atom is -0.237 e. The first-order chi connectivity index (χ1) is 4.74. The van der Waals surface area contributed by atoms with Crippen LogP contribution in [0.15, 0.2) is 22.7 Å². The predicted molar refractivity (Wildman–Crippen MR) is 45.4 cm³/mol. The van der Waals surface area contributed by atoms with Gasteiger partial charge in [-0.3, -0.25) is 0 Å². The fourth-order valence-corrected chi connectivity index (χ4v) is 1.08. The lowest BCUT2D eigenvalue weighted by atomic mass is 10.3. The summed E-state index contributed by atoms with van der Waals surface area (Å²) in [6, 6.07) is 5.19. The van der Waals surface area contributed by atoms with Crippen molar-refractivity contribution in [2.45, 2.75) is 0 Å². The number of benzene rings is 1. The van der Waals surface area contributed by atoms with Gasteiger partial charge in [-0.25, -0.2) is 4.85 Å². The Morgan fingerprint density at radius 3 is 2.70 bits per heavy atom. The third kappa shape index (κ3) is 1.50. The number of nitrogens with zero attached hydrogens (tertiary/aromatic N) is 1. The Kier molecular flexibility index (Phi) is 2.31. The highest BCUT2D eigenvalue weighted by molar-refractivity contribution is 9.10. The molecule has 0 radical (unpaired) electrons. The van der Waals surface area contributed by atoms with Crippen LogP contribution in [-0.2, 0) is 0 Å². The van der Waals surface area contributed by atoms with Gasteiger partial charge in [0.05, 0.1) is 6.57 Å². The molecule has 10 heavy (non-hydrogen) atoms. The molecule has 0 amide bonds. The zero-order valence-electron chi connectivity index (χ0n) is 4.94. The van der Waals surface area contributed by atoms with Crippen molar-refractivity contribution in [2.75, 3.05) is 0 Å². The molecule has 0 bridgehead atoms. The third-order valence-corrected chi connectivity index (χ3v) is 1.84. The molecule has 0 heterocycles. The quantitative estimate of drug-likeness (QED) is 0.583. The Morgan fingerprint density at radius 1 is 1.50 bits per heavy atom. The van der Waals surface area contributed by atoms with E-state index in [4.69, 9.17) is 18.2 Å². The van der Waals surface area contributed by atoms with Gasteiger partial charge in [0.25, 0.3) is 0 Å². The van der Waals surface area contributed by atoms with Gasteiger partial charge in [0, 0.05) is 9.50 Å². The van der Waals surface area contributed by atoms with Crippen molar-refractivity contribution in [3.8, 4) is 0 Å². The normalized spacial score (nSPS) is 8.90. The van der Waals surface area contributed by atoms with Crippen molar-refractivity contribution in [3.63, 3.8) is 0 Å². The van der Waals surface area contributed by atoms with Crippen LogP contribution in [0, 0.1) is 6.57 Å². The van der Waals surface area contributed by atoms with E-state index in [1.54, 1.807) is 18.2 Å². The van der Waals surface area contributed by atoms with Gasteiger partial charge in [-0.05, 0) is 12.1 Å². The van der Waals surface area contributed by atoms with Crippen LogP contribution in [0.2, 0.25) is 5.02 Å². The molecule has 0 atom stereocenters. The highest BCUT2D eigenvalue weighted by atomic mass is 79.9. The van der Waals surface area contributed by atoms with Gasteiger partial charge in [-0.1, -0.05) is 33.6 Å². The lowest BCUT2D eigenvalue weighted by molar-refractivity contribution is 1.66. The number of rotatable bonds is 0. The summed E-state index contributed by atoms with van der Waals surface area (Å²) < 4.78 is 0.878. The fraction of sp³-hybridized carbons (Fsp3) is 0. The van der Waals surface area contributed by atoms with E-state index in [9.17, 15) is 0 Å². The van der Waals surface area contributed by atoms with Crippen LogP contribution in [0.5, 0.6) is 0 Å². The molecule has 0 aromatic heterocycles. The summed E-state index contributed by atoms with van der Waals surface area (Å²) >= 11 is 8.90. The monoisotopic (exact) mass is 215 g/mol. The molecular weight excluding hydrogens is 213 g/mol. The zero-order chi connectivity index (χ0) is 7.56. The van der Waals surface area contributed by atoms with Crippen molar-refractivity contribution in [3.05, 3.63) is 39.1 Å². The van der Waals surface area contributed by atoms with Gasteiger partial charge in [0.2, 0.25) is 5.69 Å². The molecule has 1 nitrogen and oxygen atoms in total. The molecule has 3 heteroatoms. The molecule has 0 saturated carbocycles. The Balaban J connectivity index is 3.25. The smallest absolute Gasteiger partial charge is 0.206 e. The average Bonchev–Trinajstić information content (AvgIpc) is 1.94.